The molecule has 114 valence electrons. The fraction of sp³-hybridized carbons (Fsp3) is 0.375. The van der Waals surface area contributed by atoms with E-state index in [1.807, 2.05) is 12.1 Å². The van der Waals surface area contributed by atoms with Crippen molar-refractivity contribution in [2.24, 2.45) is 5.73 Å². The van der Waals surface area contributed by atoms with Crippen molar-refractivity contribution in [1.29, 1.82) is 0 Å². The summed E-state index contributed by atoms with van der Waals surface area (Å²) in [4.78, 5) is 1.30. The molecule has 5 heteroatoms. The van der Waals surface area contributed by atoms with Gasteiger partial charge < -0.3 is 19.9 Å². The summed E-state index contributed by atoms with van der Waals surface area (Å²) in [6, 6.07) is 8.15. The van der Waals surface area contributed by atoms with Crippen molar-refractivity contribution in [3.05, 3.63) is 40.1 Å². The van der Waals surface area contributed by atoms with Gasteiger partial charge in [-0.15, -0.1) is 11.3 Å². The van der Waals surface area contributed by atoms with E-state index in [0.29, 0.717) is 29.7 Å². The van der Waals surface area contributed by atoms with E-state index in [2.05, 4.69) is 17.5 Å². The zero-order valence-electron chi connectivity index (χ0n) is 12.6. The first kappa shape index (κ1) is 15.7. The summed E-state index contributed by atoms with van der Waals surface area (Å²) in [6.07, 6.45) is 0.841. The number of hydrogen-bond acceptors (Lipinski definition) is 5. The van der Waals surface area contributed by atoms with Crippen LogP contribution < -0.4 is 19.9 Å². The maximum Gasteiger partial charge on any atom is 0.203 e. The van der Waals surface area contributed by atoms with Crippen LogP contribution in [0.3, 0.4) is 0 Å². The Balaban J connectivity index is 2.31. The molecule has 0 spiro atoms. The third-order valence-electron chi connectivity index (χ3n) is 3.44. The smallest absolute Gasteiger partial charge is 0.203 e. The normalized spacial score (nSPS) is 12.0. The van der Waals surface area contributed by atoms with Crippen LogP contribution in [0.25, 0.3) is 0 Å². The first-order chi connectivity index (χ1) is 10.2. The van der Waals surface area contributed by atoms with Crippen LogP contribution in [0.1, 0.15) is 16.4 Å². The van der Waals surface area contributed by atoms with Crippen LogP contribution in [-0.2, 0) is 6.42 Å². The highest BCUT2D eigenvalue weighted by atomic mass is 32.1. The van der Waals surface area contributed by atoms with Crippen LogP contribution >= 0.6 is 11.3 Å². The summed E-state index contributed by atoms with van der Waals surface area (Å²) in [7, 11) is 4.86. The summed E-state index contributed by atoms with van der Waals surface area (Å²) in [5, 5.41) is 2.08. The molecule has 1 aromatic heterocycles. The quantitative estimate of drug-likeness (QED) is 0.854. The van der Waals surface area contributed by atoms with Gasteiger partial charge in [0.05, 0.1) is 21.3 Å². The summed E-state index contributed by atoms with van der Waals surface area (Å²) < 4.78 is 16.1. The Kier molecular flexibility index (Phi) is 5.47. The molecule has 2 aromatic rings. The van der Waals surface area contributed by atoms with Gasteiger partial charge in [-0.3, -0.25) is 0 Å². The first-order valence-corrected chi connectivity index (χ1v) is 7.63. The predicted octanol–water partition coefficient (Wildman–Crippen LogP) is 3.06. The lowest BCUT2D eigenvalue weighted by Crippen LogP contribution is -2.14. The molecule has 0 bridgehead atoms. The van der Waals surface area contributed by atoms with E-state index in [1.165, 1.54) is 4.88 Å². The summed E-state index contributed by atoms with van der Waals surface area (Å²) >= 11 is 1.74. The van der Waals surface area contributed by atoms with Crippen molar-refractivity contribution in [3.63, 3.8) is 0 Å². The minimum atomic E-state index is 0.299. The minimum Gasteiger partial charge on any atom is -0.493 e. The van der Waals surface area contributed by atoms with Gasteiger partial charge in [0, 0.05) is 17.3 Å². The molecule has 0 aliphatic heterocycles. The van der Waals surface area contributed by atoms with Gasteiger partial charge >= 0.3 is 0 Å². The van der Waals surface area contributed by atoms with Crippen molar-refractivity contribution in [1.82, 2.24) is 0 Å². The van der Waals surface area contributed by atoms with E-state index in [4.69, 9.17) is 19.9 Å². The Morgan fingerprint density at radius 3 is 2.19 bits per heavy atom. The van der Waals surface area contributed by atoms with Crippen LogP contribution in [0.2, 0.25) is 0 Å². The second-order valence-electron chi connectivity index (χ2n) is 4.69. The van der Waals surface area contributed by atoms with Gasteiger partial charge in [-0.05, 0) is 35.6 Å². The van der Waals surface area contributed by atoms with Crippen molar-refractivity contribution < 1.29 is 14.2 Å². The van der Waals surface area contributed by atoms with Gasteiger partial charge in [-0.1, -0.05) is 6.07 Å². The predicted molar refractivity (Wildman–Crippen MR) is 85.9 cm³/mol. The Bertz CT molecular complexity index is 544. The van der Waals surface area contributed by atoms with Crippen LogP contribution in [0.5, 0.6) is 17.2 Å². The molecule has 0 aliphatic rings. The van der Waals surface area contributed by atoms with Gasteiger partial charge in [0.2, 0.25) is 5.75 Å². The highest BCUT2D eigenvalue weighted by molar-refractivity contribution is 7.10. The molecule has 2 N–H and O–H groups in total. The summed E-state index contributed by atoms with van der Waals surface area (Å²) in [6.45, 7) is 0.608. The summed E-state index contributed by atoms with van der Waals surface area (Å²) in [5.41, 5.74) is 7.05. The largest absolute Gasteiger partial charge is 0.493 e. The number of rotatable bonds is 7. The molecule has 1 atom stereocenters. The topological polar surface area (TPSA) is 53.7 Å². The number of nitrogens with two attached hydrogens (primary N) is 1. The van der Waals surface area contributed by atoms with Gasteiger partial charge in [0.25, 0.3) is 0 Å². The number of methoxy groups -OCH3 is 3. The molecule has 0 saturated carbocycles. The van der Waals surface area contributed by atoms with E-state index in [9.17, 15) is 0 Å². The molecule has 2 rings (SSSR count). The first-order valence-electron chi connectivity index (χ1n) is 6.75. The standard InChI is InChI=1S/C16H21NO3S/c1-18-13-8-11(9-14(19-2)16(13)20-3)7-12(10-17)15-5-4-6-21-15/h4-6,8-9,12H,7,10,17H2,1-3H3. The average molecular weight is 307 g/mol. The second kappa shape index (κ2) is 7.33. The molecule has 0 saturated heterocycles. The second-order valence-corrected chi connectivity index (χ2v) is 5.67. The molecule has 0 amide bonds. The zero-order valence-corrected chi connectivity index (χ0v) is 13.4. The molecule has 0 aliphatic carbocycles. The highest BCUT2D eigenvalue weighted by Gasteiger charge is 2.17. The van der Waals surface area contributed by atoms with Crippen LogP contribution in [0, 0.1) is 0 Å². The maximum absolute atomic E-state index is 5.93. The van der Waals surface area contributed by atoms with Crippen LogP contribution in [0.4, 0.5) is 0 Å². The molecular formula is C16H21NO3S. The highest BCUT2D eigenvalue weighted by Crippen LogP contribution is 2.39. The Hall–Kier alpha value is -1.72. The average Bonchev–Trinajstić information content (AvgIpc) is 3.05. The lowest BCUT2D eigenvalue weighted by Gasteiger charge is -2.17. The monoisotopic (exact) mass is 307 g/mol. The molecule has 0 fully saturated rings. The van der Waals surface area contributed by atoms with Crippen LogP contribution in [0.15, 0.2) is 29.6 Å². The minimum absolute atomic E-state index is 0.299. The number of hydrogen-bond donors (Lipinski definition) is 1. The molecule has 0 radical (unpaired) electrons. The Labute approximate surface area is 129 Å². The molecule has 1 heterocycles. The van der Waals surface area contributed by atoms with Crippen molar-refractivity contribution in [3.8, 4) is 17.2 Å². The fourth-order valence-corrected chi connectivity index (χ4v) is 3.20. The van der Waals surface area contributed by atoms with E-state index >= 15 is 0 Å². The number of ether oxygens (including phenoxy) is 3. The van der Waals surface area contributed by atoms with Crippen LogP contribution in [-0.4, -0.2) is 27.9 Å². The molecule has 21 heavy (non-hydrogen) atoms. The maximum atomic E-state index is 5.93. The molecule has 1 aromatic carbocycles. The van der Waals surface area contributed by atoms with Gasteiger partial charge in [-0.2, -0.15) is 0 Å². The van der Waals surface area contributed by atoms with E-state index < -0.39 is 0 Å². The van der Waals surface area contributed by atoms with E-state index in [0.717, 1.165) is 12.0 Å². The molecule has 4 nitrogen and oxygen atoms in total. The van der Waals surface area contributed by atoms with Gasteiger partial charge in [0.15, 0.2) is 11.5 Å². The third-order valence-corrected chi connectivity index (χ3v) is 4.47. The fourth-order valence-electron chi connectivity index (χ4n) is 2.36. The van der Waals surface area contributed by atoms with Crippen molar-refractivity contribution >= 4 is 11.3 Å². The number of thiophene rings is 1. The molecular weight excluding hydrogens is 286 g/mol. The SMILES string of the molecule is COc1cc(CC(CN)c2cccs2)cc(OC)c1OC. The zero-order chi connectivity index (χ0) is 15.2. The third kappa shape index (κ3) is 3.49. The Morgan fingerprint density at radius 2 is 1.76 bits per heavy atom. The van der Waals surface area contributed by atoms with Crippen molar-refractivity contribution in [2.75, 3.05) is 27.9 Å². The van der Waals surface area contributed by atoms with Gasteiger partial charge in [-0.25, -0.2) is 0 Å². The van der Waals surface area contributed by atoms with E-state index in [1.54, 1.807) is 32.7 Å². The van der Waals surface area contributed by atoms with E-state index in [-0.39, 0.29) is 0 Å². The lowest BCUT2D eigenvalue weighted by atomic mass is 9.97. The Morgan fingerprint density at radius 1 is 1.10 bits per heavy atom. The van der Waals surface area contributed by atoms with Gasteiger partial charge in [0.1, 0.15) is 0 Å². The summed E-state index contributed by atoms with van der Waals surface area (Å²) in [5.74, 6) is 2.26. The lowest BCUT2D eigenvalue weighted by molar-refractivity contribution is 0.323. The molecule has 1 unspecified atom stereocenters. The van der Waals surface area contributed by atoms with Crippen molar-refractivity contribution in [2.45, 2.75) is 12.3 Å². The number of benzene rings is 1.